The summed E-state index contributed by atoms with van der Waals surface area (Å²) < 4.78 is 0. The van der Waals surface area contributed by atoms with Gasteiger partial charge >= 0.3 is 5.97 Å². The summed E-state index contributed by atoms with van der Waals surface area (Å²) in [5, 5.41) is 12.5. The van der Waals surface area contributed by atoms with Gasteiger partial charge in [-0.05, 0) is 57.0 Å². The summed E-state index contributed by atoms with van der Waals surface area (Å²) in [6, 6.07) is 1.39. The summed E-state index contributed by atoms with van der Waals surface area (Å²) in [7, 11) is 0. The Kier molecular flexibility index (Phi) is 4.08. The van der Waals surface area contributed by atoms with Crippen molar-refractivity contribution in [3.05, 3.63) is 0 Å². The van der Waals surface area contributed by atoms with Gasteiger partial charge in [0.15, 0.2) is 0 Å². The van der Waals surface area contributed by atoms with Gasteiger partial charge in [0.2, 0.25) is 0 Å². The predicted octanol–water partition coefficient (Wildman–Crippen LogP) is 1.70. The first kappa shape index (κ1) is 13.4. The number of carboxylic acids is 1. The number of carboxylic acid groups (broad SMARTS) is 1. The normalized spacial score (nSPS) is 38.7. The molecule has 0 amide bonds. The molecule has 3 aliphatic heterocycles. The summed E-state index contributed by atoms with van der Waals surface area (Å²) >= 11 is 0. The highest BCUT2D eigenvalue weighted by atomic mass is 16.4. The van der Waals surface area contributed by atoms with Crippen molar-refractivity contribution in [1.82, 2.24) is 10.2 Å². The van der Waals surface area contributed by atoms with E-state index in [1.165, 1.54) is 38.8 Å². The van der Waals surface area contributed by atoms with Crippen LogP contribution in [-0.2, 0) is 4.79 Å². The maximum absolute atomic E-state index is 10.6. The fourth-order valence-electron chi connectivity index (χ4n) is 4.49. The number of rotatable bonds is 4. The van der Waals surface area contributed by atoms with Gasteiger partial charge in [0.05, 0.1) is 0 Å². The number of carbonyl (C=O) groups is 1. The summed E-state index contributed by atoms with van der Waals surface area (Å²) in [6.07, 6.45) is 7.70. The van der Waals surface area contributed by atoms with E-state index in [4.69, 9.17) is 5.11 Å². The minimum atomic E-state index is -0.659. The average molecular weight is 266 g/mol. The van der Waals surface area contributed by atoms with E-state index < -0.39 is 5.97 Å². The first-order chi connectivity index (χ1) is 9.24. The van der Waals surface area contributed by atoms with E-state index in [1.54, 1.807) is 0 Å². The van der Waals surface area contributed by atoms with Crippen LogP contribution in [0.2, 0.25) is 0 Å². The summed E-state index contributed by atoms with van der Waals surface area (Å²) in [5.41, 5.74) is 0. The van der Waals surface area contributed by atoms with E-state index in [2.05, 4.69) is 10.2 Å². The Labute approximate surface area is 115 Å². The second-order valence-electron chi connectivity index (χ2n) is 6.61. The number of fused-ring (bicyclic) bond motifs is 4. The van der Waals surface area contributed by atoms with Crippen LogP contribution in [0.15, 0.2) is 0 Å². The van der Waals surface area contributed by atoms with Crippen molar-refractivity contribution >= 4 is 5.97 Å². The Balaban J connectivity index is 1.55. The van der Waals surface area contributed by atoms with Crippen molar-refractivity contribution in [2.45, 2.75) is 57.0 Å². The minimum Gasteiger partial charge on any atom is -0.481 e. The van der Waals surface area contributed by atoms with Crippen molar-refractivity contribution in [2.75, 3.05) is 19.6 Å². The van der Waals surface area contributed by atoms with Crippen LogP contribution in [0.1, 0.15) is 44.9 Å². The molecule has 4 nitrogen and oxygen atoms in total. The van der Waals surface area contributed by atoms with Gasteiger partial charge in [0, 0.05) is 25.0 Å². The van der Waals surface area contributed by atoms with Gasteiger partial charge < -0.3 is 10.4 Å². The van der Waals surface area contributed by atoms with E-state index in [0.717, 1.165) is 37.3 Å². The predicted molar refractivity (Wildman–Crippen MR) is 74.1 cm³/mol. The van der Waals surface area contributed by atoms with E-state index >= 15 is 0 Å². The smallest absolute Gasteiger partial charge is 0.303 e. The molecule has 0 saturated carbocycles. The molecule has 2 bridgehead atoms. The molecule has 4 heteroatoms. The van der Waals surface area contributed by atoms with E-state index in [0.29, 0.717) is 12.5 Å². The van der Waals surface area contributed by atoms with Gasteiger partial charge in [-0.3, -0.25) is 9.69 Å². The van der Waals surface area contributed by atoms with Gasteiger partial charge in [-0.25, -0.2) is 0 Å². The van der Waals surface area contributed by atoms with E-state index in [9.17, 15) is 4.79 Å². The van der Waals surface area contributed by atoms with Crippen molar-refractivity contribution in [3.8, 4) is 0 Å². The highest BCUT2D eigenvalue weighted by Crippen LogP contribution is 2.37. The zero-order chi connectivity index (χ0) is 13.2. The van der Waals surface area contributed by atoms with Crippen LogP contribution in [0, 0.1) is 11.8 Å². The van der Waals surface area contributed by atoms with Crippen LogP contribution in [0.5, 0.6) is 0 Å². The second kappa shape index (κ2) is 5.80. The Morgan fingerprint density at radius 1 is 1.32 bits per heavy atom. The molecule has 0 unspecified atom stereocenters. The van der Waals surface area contributed by atoms with Gasteiger partial charge in [-0.15, -0.1) is 0 Å². The first-order valence-corrected chi connectivity index (χ1v) is 7.93. The van der Waals surface area contributed by atoms with Gasteiger partial charge in [-0.2, -0.15) is 0 Å². The molecule has 3 saturated heterocycles. The maximum Gasteiger partial charge on any atom is 0.303 e. The lowest BCUT2D eigenvalue weighted by atomic mass is 9.73. The molecule has 0 aromatic heterocycles. The van der Waals surface area contributed by atoms with Crippen LogP contribution in [-0.4, -0.2) is 47.7 Å². The molecule has 108 valence electrons. The lowest BCUT2D eigenvalue weighted by molar-refractivity contribution is -0.137. The highest BCUT2D eigenvalue weighted by Gasteiger charge is 2.42. The number of hydrogen-bond acceptors (Lipinski definition) is 3. The molecule has 0 aromatic carbocycles. The third-order valence-electron chi connectivity index (χ3n) is 5.40. The molecule has 3 rings (SSSR count). The largest absolute Gasteiger partial charge is 0.481 e. The monoisotopic (exact) mass is 266 g/mol. The molecule has 0 aliphatic carbocycles. The molecule has 0 radical (unpaired) electrons. The highest BCUT2D eigenvalue weighted by molar-refractivity contribution is 5.66. The van der Waals surface area contributed by atoms with Crippen LogP contribution in [0.25, 0.3) is 0 Å². The van der Waals surface area contributed by atoms with Crippen LogP contribution < -0.4 is 5.32 Å². The Bertz CT molecular complexity index is 332. The molecular weight excluding hydrogens is 240 g/mol. The summed E-state index contributed by atoms with van der Waals surface area (Å²) in [4.78, 5) is 13.3. The van der Waals surface area contributed by atoms with Gasteiger partial charge in [-0.1, -0.05) is 6.42 Å². The molecule has 3 heterocycles. The number of hydrogen-bond donors (Lipinski definition) is 2. The SMILES string of the molecule is O=C(O)CCC[C@H]1NC[C@@H]2C[C@H]1CN1CCCC[C@@H]21. The summed E-state index contributed by atoms with van der Waals surface area (Å²) in [6.45, 7) is 3.68. The molecule has 4 atom stereocenters. The van der Waals surface area contributed by atoms with Crippen LogP contribution in [0.4, 0.5) is 0 Å². The first-order valence-electron chi connectivity index (χ1n) is 7.93. The standard InChI is InChI=1S/C15H26N2O2/c18-15(19)6-3-4-13-12-8-11(9-16-13)14-5-1-2-7-17(14)10-12/h11-14,16H,1-10H2,(H,18,19)/t11-,12-,13+,14-/m0/s1. The number of piperidine rings is 3. The van der Waals surface area contributed by atoms with Gasteiger partial charge in [0.1, 0.15) is 0 Å². The molecule has 3 fully saturated rings. The van der Waals surface area contributed by atoms with E-state index in [1.807, 2.05) is 0 Å². The Morgan fingerprint density at radius 3 is 3.05 bits per heavy atom. The topological polar surface area (TPSA) is 52.6 Å². The molecule has 19 heavy (non-hydrogen) atoms. The molecule has 2 N–H and O–H groups in total. The third kappa shape index (κ3) is 2.95. The number of aliphatic carboxylic acids is 1. The van der Waals surface area contributed by atoms with Crippen LogP contribution >= 0.6 is 0 Å². The molecule has 3 aliphatic rings. The minimum absolute atomic E-state index is 0.320. The summed E-state index contributed by atoms with van der Waals surface area (Å²) in [5.74, 6) is 0.935. The Hall–Kier alpha value is -0.610. The second-order valence-corrected chi connectivity index (χ2v) is 6.61. The van der Waals surface area contributed by atoms with Gasteiger partial charge in [0.25, 0.3) is 0 Å². The zero-order valence-electron chi connectivity index (χ0n) is 11.7. The van der Waals surface area contributed by atoms with Crippen molar-refractivity contribution < 1.29 is 9.90 Å². The fraction of sp³-hybridized carbons (Fsp3) is 0.933. The quantitative estimate of drug-likeness (QED) is 0.813. The average Bonchev–Trinajstić information content (AvgIpc) is 2.41. The fourth-order valence-corrected chi connectivity index (χ4v) is 4.49. The molecule has 0 spiro atoms. The lowest BCUT2D eigenvalue weighted by Gasteiger charge is -2.52. The Morgan fingerprint density at radius 2 is 2.21 bits per heavy atom. The lowest BCUT2D eigenvalue weighted by Crippen LogP contribution is -2.61. The third-order valence-corrected chi connectivity index (χ3v) is 5.40. The zero-order valence-corrected chi connectivity index (χ0v) is 11.7. The van der Waals surface area contributed by atoms with Crippen molar-refractivity contribution in [2.24, 2.45) is 11.8 Å². The maximum atomic E-state index is 10.6. The van der Waals surface area contributed by atoms with E-state index in [-0.39, 0.29) is 0 Å². The van der Waals surface area contributed by atoms with Crippen molar-refractivity contribution in [1.29, 1.82) is 0 Å². The number of nitrogens with one attached hydrogen (secondary N) is 1. The molecule has 0 aromatic rings. The molecular formula is C15H26N2O2. The number of nitrogens with zero attached hydrogens (tertiary/aromatic N) is 1. The van der Waals surface area contributed by atoms with Crippen LogP contribution in [0.3, 0.4) is 0 Å². The van der Waals surface area contributed by atoms with Crippen molar-refractivity contribution in [3.63, 3.8) is 0 Å².